The van der Waals surface area contributed by atoms with Crippen LogP contribution in [0, 0.1) is 0 Å². The number of nitrogens with zero attached hydrogens (tertiary/aromatic N) is 5. The van der Waals surface area contributed by atoms with E-state index in [1.165, 1.54) is 5.56 Å². The van der Waals surface area contributed by atoms with E-state index >= 15 is 0 Å². The molecule has 0 aliphatic carbocycles. The first kappa shape index (κ1) is 22.0. The van der Waals surface area contributed by atoms with Crippen LogP contribution < -0.4 is 20.3 Å². The largest absolute Gasteiger partial charge is 0.495 e. The Labute approximate surface area is 179 Å². The van der Waals surface area contributed by atoms with Gasteiger partial charge in [0.25, 0.3) is 0 Å². The molecule has 8 heteroatoms. The zero-order valence-electron chi connectivity index (χ0n) is 18.8. The summed E-state index contributed by atoms with van der Waals surface area (Å²) in [5, 5.41) is 11.3. The predicted octanol–water partition coefficient (Wildman–Crippen LogP) is 1.87. The summed E-state index contributed by atoms with van der Waals surface area (Å²) >= 11 is 0. The number of aryl methyl sites for hydroxylation is 1. The second-order valence-electron chi connectivity index (χ2n) is 7.89. The highest BCUT2D eigenvalue weighted by Gasteiger charge is 2.25. The van der Waals surface area contributed by atoms with Crippen LogP contribution in [0.1, 0.15) is 24.9 Å². The maximum Gasteiger partial charge on any atom is 0.191 e. The van der Waals surface area contributed by atoms with Gasteiger partial charge >= 0.3 is 0 Å². The second-order valence-corrected chi connectivity index (χ2v) is 7.89. The lowest BCUT2D eigenvalue weighted by Gasteiger charge is -2.24. The number of methoxy groups -OCH3 is 1. The van der Waals surface area contributed by atoms with Gasteiger partial charge in [0.05, 0.1) is 31.6 Å². The molecule has 0 radical (unpaired) electrons. The van der Waals surface area contributed by atoms with E-state index < -0.39 is 0 Å². The molecule has 0 spiro atoms. The van der Waals surface area contributed by atoms with Gasteiger partial charge in [-0.05, 0) is 39.6 Å². The van der Waals surface area contributed by atoms with Gasteiger partial charge in [0.2, 0.25) is 0 Å². The van der Waals surface area contributed by atoms with Crippen LogP contribution in [0.4, 0.5) is 5.69 Å². The van der Waals surface area contributed by atoms with Crippen molar-refractivity contribution in [1.82, 2.24) is 25.3 Å². The Morgan fingerprint density at radius 2 is 2.17 bits per heavy atom. The van der Waals surface area contributed by atoms with Crippen LogP contribution in [-0.4, -0.2) is 74.1 Å². The molecule has 1 aliphatic rings. The molecule has 1 aliphatic heterocycles. The Morgan fingerprint density at radius 1 is 1.37 bits per heavy atom. The maximum absolute atomic E-state index is 5.53. The monoisotopic (exact) mass is 413 g/mol. The first-order chi connectivity index (χ1) is 14.5. The number of likely N-dealkylation sites (N-methyl/N-ethyl adjacent to an activating group) is 1. The van der Waals surface area contributed by atoms with E-state index in [0.29, 0.717) is 12.6 Å². The van der Waals surface area contributed by atoms with Crippen LogP contribution in [0.25, 0.3) is 0 Å². The molecule has 8 nitrogen and oxygen atoms in total. The zero-order valence-corrected chi connectivity index (χ0v) is 18.8. The first-order valence-electron chi connectivity index (χ1n) is 10.6. The van der Waals surface area contributed by atoms with E-state index in [0.717, 1.165) is 43.5 Å². The van der Waals surface area contributed by atoms with Gasteiger partial charge in [0.15, 0.2) is 5.96 Å². The highest BCUT2D eigenvalue weighted by atomic mass is 16.5. The van der Waals surface area contributed by atoms with Crippen molar-refractivity contribution in [3.63, 3.8) is 0 Å². The number of guanidine groups is 1. The second kappa shape index (κ2) is 10.3. The maximum atomic E-state index is 5.53. The van der Waals surface area contributed by atoms with Gasteiger partial charge in [-0.25, -0.2) is 0 Å². The smallest absolute Gasteiger partial charge is 0.191 e. The fraction of sp³-hybridized carbons (Fsp3) is 0.545. The minimum atomic E-state index is 0.183. The minimum absolute atomic E-state index is 0.183. The molecule has 0 saturated carbocycles. The summed E-state index contributed by atoms with van der Waals surface area (Å²) in [7, 11) is 7.83. The lowest BCUT2D eigenvalue weighted by atomic mass is 10.1. The number of para-hydroxylation sites is 2. The van der Waals surface area contributed by atoms with Gasteiger partial charge in [-0.3, -0.25) is 9.67 Å². The van der Waals surface area contributed by atoms with Gasteiger partial charge in [0.1, 0.15) is 5.75 Å². The van der Waals surface area contributed by atoms with E-state index in [-0.39, 0.29) is 6.04 Å². The van der Waals surface area contributed by atoms with Gasteiger partial charge in [-0.2, -0.15) is 5.10 Å². The summed E-state index contributed by atoms with van der Waals surface area (Å²) in [6.07, 6.45) is 5.04. The molecule has 2 atom stereocenters. The number of ether oxygens (including phenoxy) is 1. The Kier molecular flexibility index (Phi) is 7.57. The van der Waals surface area contributed by atoms with E-state index in [1.807, 2.05) is 30.1 Å². The van der Waals surface area contributed by atoms with E-state index in [9.17, 15) is 0 Å². The fourth-order valence-electron chi connectivity index (χ4n) is 3.86. The third-order valence-corrected chi connectivity index (χ3v) is 5.45. The topological polar surface area (TPSA) is 70.0 Å². The summed E-state index contributed by atoms with van der Waals surface area (Å²) in [5.41, 5.74) is 2.32. The number of aromatic nitrogens is 2. The minimum Gasteiger partial charge on any atom is -0.495 e. The third-order valence-electron chi connectivity index (χ3n) is 5.45. The summed E-state index contributed by atoms with van der Waals surface area (Å²) in [6.45, 7) is 5.50. The molecule has 0 bridgehead atoms. The summed E-state index contributed by atoms with van der Waals surface area (Å²) in [5.74, 6) is 1.78. The predicted molar refractivity (Wildman–Crippen MR) is 122 cm³/mol. The SMILES string of the molecule is CCNC(=NCC(c1cnn(C)c1)N(C)C)NC1CCN(c2ccccc2OC)C1. The van der Waals surface area contributed by atoms with Crippen LogP contribution in [-0.2, 0) is 7.05 Å². The van der Waals surface area contributed by atoms with Crippen LogP contribution in [0.5, 0.6) is 5.75 Å². The quantitative estimate of drug-likeness (QED) is 0.509. The molecule has 0 amide bonds. The summed E-state index contributed by atoms with van der Waals surface area (Å²) in [6, 6.07) is 8.72. The van der Waals surface area contributed by atoms with Crippen molar-refractivity contribution in [3.8, 4) is 5.75 Å². The molecular formula is C22H35N7O. The first-order valence-corrected chi connectivity index (χ1v) is 10.6. The van der Waals surface area contributed by atoms with Crippen molar-refractivity contribution in [3.05, 3.63) is 42.2 Å². The summed E-state index contributed by atoms with van der Waals surface area (Å²) < 4.78 is 7.37. The van der Waals surface area contributed by atoms with Gasteiger partial charge in [-0.15, -0.1) is 0 Å². The molecule has 2 heterocycles. The molecule has 30 heavy (non-hydrogen) atoms. The highest BCUT2D eigenvalue weighted by Crippen LogP contribution is 2.30. The van der Waals surface area contributed by atoms with Crippen molar-refractivity contribution in [2.45, 2.75) is 25.4 Å². The van der Waals surface area contributed by atoms with E-state index in [2.05, 4.69) is 64.9 Å². The van der Waals surface area contributed by atoms with Gasteiger partial charge in [0, 0.05) is 44.5 Å². The number of aliphatic imine (C=N–C) groups is 1. The van der Waals surface area contributed by atoms with Gasteiger partial charge < -0.3 is 25.2 Å². The lowest BCUT2D eigenvalue weighted by molar-refractivity contribution is 0.306. The highest BCUT2D eigenvalue weighted by molar-refractivity contribution is 5.80. The molecule has 1 fully saturated rings. The Hall–Kier alpha value is -2.74. The molecule has 1 aromatic carbocycles. The molecule has 1 saturated heterocycles. The van der Waals surface area contributed by atoms with Crippen LogP contribution in [0.2, 0.25) is 0 Å². The van der Waals surface area contributed by atoms with Crippen LogP contribution in [0.3, 0.4) is 0 Å². The molecular weight excluding hydrogens is 378 g/mol. The van der Waals surface area contributed by atoms with E-state index in [4.69, 9.17) is 9.73 Å². The Balaban J connectivity index is 1.65. The lowest BCUT2D eigenvalue weighted by Crippen LogP contribution is -2.45. The van der Waals surface area contributed by atoms with Crippen LogP contribution in [0.15, 0.2) is 41.7 Å². The van der Waals surface area contributed by atoms with Crippen molar-refractivity contribution >= 4 is 11.6 Å². The molecule has 3 rings (SSSR count). The molecule has 2 N–H and O–H groups in total. The zero-order chi connectivity index (χ0) is 21.5. The Morgan fingerprint density at radius 3 is 2.83 bits per heavy atom. The van der Waals surface area contributed by atoms with E-state index in [1.54, 1.807) is 7.11 Å². The molecule has 2 unspecified atom stereocenters. The number of anilines is 1. The van der Waals surface area contributed by atoms with Gasteiger partial charge in [-0.1, -0.05) is 12.1 Å². The molecule has 1 aromatic heterocycles. The molecule has 164 valence electrons. The number of hydrogen-bond donors (Lipinski definition) is 2. The Bertz CT molecular complexity index is 832. The number of nitrogens with one attached hydrogen (secondary N) is 2. The fourth-order valence-corrected chi connectivity index (χ4v) is 3.86. The van der Waals surface area contributed by atoms with Crippen molar-refractivity contribution < 1.29 is 4.74 Å². The average Bonchev–Trinajstić information content (AvgIpc) is 3.37. The van der Waals surface area contributed by atoms with Crippen molar-refractivity contribution in [1.29, 1.82) is 0 Å². The number of benzene rings is 1. The average molecular weight is 414 g/mol. The van der Waals surface area contributed by atoms with Crippen molar-refractivity contribution in [2.75, 3.05) is 52.3 Å². The van der Waals surface area contributed by atoms with Crippen molar-refractivity contribution in [2.24, 2.45) is 12.0 Å². The number of hydrogen-bond acceptors (Lipinski definition) is 5. The molecule has 2 aromatic rings. The normalized spacial score (nSPS) is 18.0. The third kappa shape index (κ3) is 5.44. The van der Waals surface area contributed by atoms with Crippen LogP contribution >= 0.6 is 0 Å². The summed E-state index contributed by atoms with van der Waals surface area (Å²) in [4.78, 5) is 9.45. The number of rotatable bonds is 8. The standard InChI is InChI=1S/C22H35N7O/c1-6-23-22(24-14-20(27(2)3)17-13-25-28(4)15-17)26-18-11-12-29(16-18)19-9-7-8-10-21(19)30-5/h7-10,13,15,18,20H,6,11-12,14,16H2,1-5H3,(H2,23,24,26).